The first-order valence-electron chi connectivity index (χ1n) is 7.97. The Morgan fingerprint density at radius 3 is 2.56 bits per heavy atom. The number of likely N-dealkylation sites (tertiary alicyclic amines) is 1. The number of aliphatic imine (C=N–C) groups is 1. The van der Waals surface area contributed by atoms with E-state index in [1.165, 1.54) is 30.1 Å². The fourth-order valence-corrected chi connectivity index (χ4v) is 2.81. The van der Waals surface area contributed by atoms with E-state index >= 15 is 0 Å². The lowest BCUT2D eigenvalue weighted by molar-refractivity contribution is -0.143. The molecule has 25 heavy (non-hydrogen) atoms. The molecule has 0 spiro atoms. The Morgan fingerprint density at radius 2 is 1.96 bits per heavy atom. The van der Waals surface area contributed by atoms with E-state index in [1.807, 2.05) is 0 Å². The number of guanidine groups is 1. The van der Waals surface area contributed by atoms with Gasteiger partial charge in [0, 0.05) is 38.3 Å². The quantitative estimate of drug-likeness (QED) is 0.479. The highest BCUT2D eigenvalue weighted by molar-refractivity contribution is 5.80. The first-order valence-corrected chi connectivity index (χ1v) is 7.97. The van der Waals surface area contributed by atoms with Crippen LogP contribution in [0.25, 0.3) is 0 Å². The third-order valence-corrected chi connectivity index (χ3v) is 3.97. The van der Waals surface area contributed by atoms with Crippen LogP contribution in [0.4, 0.5) is 22.0 Å². The second-order valence-corrected chi connectivity index (χ2v) is 5.93. The summed E-state index contributed by atoms with van der Waals surface area (Å²) in [5.41, 5.74) is -0.0114. The summed E-state index contributed by atoms with van der Waals surface area (Å²) in [6, 6.07) is 3.53. The Bertz CT molecular complexity index is 582. The molecule has 0 radical (unpaired) electrons. The second kappa shape index (κ2) is 8.46. The van der Waals surface area contributed by atoms with Gasteiger partial charge in [0.25, 0.3) is 0 Å². The first kappa shape index (κ1) is 19.4. The van der Waals surface area contributed by atoms with Crippen LogP contribution in [0.1, 0.15) is 12.0 Å². The molecule has 0 aliphatic carbocycles. The lowest BCUT2D eigenvalue weighted by Gasteiger charge is -2.19. The fourth-order valence-electron chi connectivity index (χ4n) is 2.81. The molecule has 1 unspecified atom stereocenters. The van der Waals surface area contributed by atoms with Crippen molar-refractivity contribution in [2.24, 2.45) is 4.99 Å². The van der Waals surface area contributed by atoms with E-state index < -0.39 is 24.4 Å². The number of hydrogen-bond donors (Lipinski definition) is 2. The standard InChI is InChI=1S/C16H21F5N4/c1-22-15(23-7-5-12-13(17)3-2-4-14(12)18)24-11-6-8-25(9-11)10-16(19,20)21/h2-4,11H,5-10H2,1H3,(H2,22,23,24). The van der Waals surface area contributed by atoms with Gasteiger partial charge in [0.1, 0.15) is 11.6 Å². The molecule has 1 aliphatic rings. The molecule has 1 aromatic rings. The second-order valence-electron chi connectivity index (χ2n) is 5.93. The van der Waals surface area contributed by atoms with Crippen LogP contribution in [0.15, 0.2) is 23.2 Å². The van der Waals surface area contributed by atoms with E-state index in [0.29, 0.717) is 18.9 Å². The molecule has 140 valence electrons. The van der Waals surface area contributed by atoms with E-state index in [-0.39, 0.29) is 31.1 Å². The van der Waals surface area contributed by atoms with Crippen molar-refractivity contribution in [2.45, 2.75) is 25.1 Å². The minimum absolute atomic E-state index is 0.0114. The Hall–Kier alpha value is -1.90. The van der Waals surface area contributed by atoms with Crippen LogP contribution in [0.3, 0.4) is 0 Å². The number of halogens is 5. The lowest BCUT2D eigenvalue weighted by Crippen LogP contribution is -2.45. The molecule has 1 atom stereocenters. The van der Waals surface area contributed by atoms with Crippen LogP contribution < -0.4 is 10.6 Å². The summed E-state index contributed by atoms with van der Waals surface area (Å²) in [4.78, 5) is 5.33. The maximum absolute atomic E-state index is 13.6. The molecule has 0 amide bonds. The van der Waals surface area contributed by atoms with Crippen molar-refractivity contribution in [3.8, 4) is 0 Å². The lowest BCUT2D eigenvalue weighted by atomic mass is 10.1. The van der Waals surface area contributed by atoms with Gasteiger partial charge in [-0.25, -0.2) is 8.78 Å². The van der Waals surface area contributed by atoms with Gasteiger partial charge in [-0.1, -0.05) is 6.07 Å². The number of benzene rings is 1. The molecule has 0 aromatic heterocycles. The molecule has 4 nitrogen and oxygen atoms in total. The van der Waals surface area contributed by atoms with Gasteiger partial charge in [-0.05, 0) is 25.0 Å². The van der Waals surface area contributed by atoms with E-state index in [1.54, 1.807) is 0 Å². The molecular formula is C16H21F5N4. The van der Waals surface area contributed by atoms with E-state index in [0.717, 1.165) is 0 Å². The van der Waals surface area contributed by atoms with E-state index in [4.69, 9.17) is 0 Å². The Morgan fingerprint density at radius 1 is 1.28 bits per heavy atom. The van der Waals surface area contributed by atoms with Crippen molar-refractivity contribution in [1.29, 1.82) is 0 Å². The smallest absolute Gasteiger partial charge is 0.356 e. The molecule has 1 aromatic carbocycles. The Labute approximate surface area is 143 Å². The molecule has 2 N–H and O–H groups in total. The Kier molecular flexibility index (Phi) is 6.57. The molecule has 1 fully saturated rings. The van der Waals surface area contributed by atoms with Gasteiger partial charge in [0.2, 0.25) is 0 Å². The summed E-state index contributed by atoms with van der Waals surface area (Å²) < 4.78 is 64.3. The number of hydrogen-bond acceptors (Lipinski definition) is 2. The molecule has 9 heteroatoms. The van der Waals surface area contributed by atoms with Crippen LogP contribution in [-0.2, 0) is 6.42 Å². The van der Waals surface area contributed by atoms with Crippen LogP contribution in [0.2, 0.25) is 0 Å². The number of nitrogens with one attached hydrogen (secondary N) is 2. The Balaban J connectivity index is 1.78. The highest BCUT2D eigenvalue weighted by Crippen LogP contribution is 2.20. The van der Waals surface area contributed by atoms with Crippen LogP contribution in [0.5, 0.6) is 0 Å². The van der Waals surface area contributed by atoms with Gasteiger partial charge in [0.15, 0.2) is 5.96 Å². The number of nitrogens with zero attached hydrogens (tertiary/aromatic N) is 2. The average Bonchev–Trinajstić information content (AvgIpc) is 2.94. The molecule has 1 heterocycles. The van der Waals surface area contributed by atoms with Gasteiger partial charge < -0.3 is 10.6 Å². The zero-order valence-corrected chi connectivity index (χ0v) is 13.8. The van der Waals surface area contributed by atoms with Gasteiger partial charge >= 0.3 is 6.18 Å². The third-order valence-electron chi connectivity index (χ3n) is 3.97. The van der Waals surface area contributed by atoms with Gasteiger partial charge in [-0.2, -0.15) is 13.2 Å². The summed E-state index contributed by atoms with van der Waals surface area (Å²) in [6.07, 6.45) is -3.51. The number of rotatable bonds is 5. The topological polar surface area (TPSA) is 39.7 Å². The summed E-state index contributed by atoms with van der Waals surface area (Å²) in [6.45, 7) is -0.0585. The SMILES string of the molecule is CN=C(NCCc1c(F)cccc1F)NC1CCN(CC(F)(F)F)C1. The minimum atomic E-state index is -4.21. The van der Waals surface area contributed by atoms with Crippen LogP contribution >= 0.6 is 0 Å². The minimum Gasteiger partial charge on any atom is -0.356 e. The molecule has 0 saturated carbocycles. The van der Waals surface area contributed by atoms with Crippen molar-refractivity contribution in [2.75, 3.05) is 33.2 Å². The van der Waals surface area contributed by atoms with Crippen molar-refractivity contribution in [3.05, 3.63) is 35.4 Å². The largest absolute Gasteiger partial charge is 0.401 e. The summed E-state index contributed by atoms with van der Waals surface area (Å²) >= 11 is 0. The molecule has 2 rings (SSSR count). The van der Waals surface area contributed by atoms with Gasteiger partial charge in [-0.3, -0.25) is 9.89 Å². The average molecular weight is 364 g/mol. The van der Waals surface area contributed by atoms with Gasteiger partial charge in [0.05, 0.1) is 6.54 Å². The van der Waals surface area contributed by atoms with E-state index in [2.05, 4.69) is 15.6 Å². The molecular weight excluding hydrogens is 343 g/mol. The maximum atomic E-state index is 13.6. The van der Waals surface area contributed by atoms with Crippen LogP contribution in [-0.4, -0.2) is 56.3 Å². The summed E-state index contributed by atoms with van der Waals surface area (Å²) in [5.74, 6) is -0.817. The van der Waals surface area contributed by atoms with Crippen molar-refractivity contribution >= 4 is 5.96 Å². The third kappa shape index (κ3) is 6.15. The van der Waals surface area contributed by atoms with Crippen molar-refractivity contribution in [3.63, 3.8) is 0 Å². The highest BCUT2D eigenvalue weighted by Gasteiger charge is 2.34. The molecule has 1 saturated heterocycles. The normalized spacial score (nSPS) is 19.3. The summed E-state index contributed by atoms with van der Waals surface area (Å²) in [5, 5.41) is 5.97. The fraction of sp³-hybridized carbons (Fsp3) is 0.562. The van der Waals surface area contributed by atoms with Crippen molar-refractivity contribution in [1.82, 2.24) is 15.5 Å². The zero-order valence-electron chi connectivity index (χ0n) is 13.8. The van der Waals surface area contributed by atoms with Gasteiger partial charge in [-0.15, -0.1) is 0 Å². The maximum Gasteiger partial charge on any atom is 0.401 e. The molecule has 0 bridgehead atoms. The van der Waals surface area contributed by atoms with E-state index in [9.17, 15) is 22.0 Å². The first-order chi connectivity index (χ1) is 11.8. The molecule has 1 aliphatic heterocycles. The highest BCUT2D eigenvalue weighted by atomic mass is 19.4. The zero-order chi connectivity index (χ0) is 18.4. The predicted octanol–water partition coefficient (Wildman–Crippen LogP) is 2.31. The monoisotopic (exact) mass is 364 g/mol. The predicted molar refractivity (Wildman–Crippen MR) is 85.5 cm³/mol. The number of alkyl halides is 3. The van der Waals surface area contributed by atoms with Crippen molar-refractivity contribution < 1.29 is 22.0 Å². The summed E-state index contributed by atoms with van der Waals surface area (Å²) in [7, 11) is 1.53. The van der Waals surface area contributed by atoms with Crippen LogP contribution in [0, 0.1) is 11.6 Å².